The minimum atomic E-state index is -1.62. The Morgan fingerprint density at radius 1 is 1.00 bits per heavy atom. The normalized spacial score (nSPS) is 14.7. The molecule has 12 heteroatoms. The molecule has 0 spiro atoms. The van der Waals surface area contributed by atoms with Crippen molar-refractivity contribution in [3.8, 4) is 0 Å². The lowest BCUT2D eigenvalue weighted by atomic mass is 9.97. The van der Waals surface area contributed by atoms with Crippen molar-refractivity contribution in [1.29, 1.82) is 0 Å². The van der Waals surface area contributed by atoms with Crippen LogP contribution >= 0.6 is 0 Å². The smallest absolute Gasteiger partial charge is 0.326 e. The Balaban J connectivity index is 4.84. The van der Waals surface area contributed by atoms with Gasteiger partial charge in [-0.15, -0.1) is 0 Å². The lowest BCUT2D eigenvalue weighted by molar-refractivity contribution is -0.147. The van der Waals surface area contributed by atoms with E-state index >= 15 is 0 Å². The van der Waals surface area contributed by atoms with Crippen molar-refractivity contribution in [2.45, 2.75) is 64.1 Å². The molecule has 0 aromatic carbocycles. The maximum Gasteiger partial charge on any atom is 0.326 e. The number of nitrogens with one attached hydrogen (secondary N) is 3. The van der Waals surface area contributed by atoms with E-state index in [1.54, 1.807) is 6.92 Å². The van der Waals surface area contributed by atoms with E-state index in [0.29, 0.717) is 25.8 Å². The molecule has 0 aliphatic rings. The molecule has 0 aliphatic carbocycles. The Morgan fingerprint density at radius 3 is 2.13 bits per heavy atom. The third-order valence-electron chi connectivity index (χ3n) is 4.53. The number of nitrogens with two attached hydrogens (primary N) is 2. The van der Waals surface area contributed by atoms with Gasteiger partial charge in [0.25, 0.3) is 0 Å². The molecule has 172 valence electrons. The molecule has 3 amide bonds. The van der Waals surface area contributed by atoms with Crippen LogP contribution in [0.1, 0.15) is 46.0 Å². The quantitative estimate of drug-likeness (QED) is 0.144. The maximum absolute atomic E-state index is 12.5. The molecule has 4 atom stereocenters. The summed E-state index contributed by atoms with van der Waals surface area (Å²) in [4.78, 5) is 58.3. The van der Waals surface area contributed by atoms with E-state index < -0.39 is 60.8 Å². The summed E-state index contributed by atoms with van der Waals surface area (Å²) in [6.07, 6.45) is 1.58. The van der Waals surface area contributed by atoms with Gasteiger partial charge in [-0.05, 0) is 25.3 Å². The molecular formula is C18H33N5O7. The van der Waals surface area contributed by atoms with E-state index in [-0.39, 0.29) is 5.92 Å². The van der Waals surface area contributed by atoms with Crippen LogP contribution in [0.2, 0.25) is 0 Å². The topological polar surface area (TPSA) is 214 Å². The van der Waals surface area contributed by atoms with Gasteiger partial charge in [0, 0.05) is 0 Å². The van der Waals surface area contributed by atoms with Crippen LogP contribution in [0.15, 0.2) is 0 Å². The van der Waals surface area contributed by atoms with Crippen molar-refractivity contribution in [3.63, 3.8) is 0 Å². The number of carbonyl (C=O) groups is 5. The summed E-state index contributed by atoms with van der Waals surface area (Å²) < 4.78 is 0. The highest BCUT2D eigenvalue weighted by Gasteiger charge is 2.28. The Hall–Kier alpha value is -2.73. The van der Waals surface area contributed by atoms with Crippen LogP contribution in [-0.2, 0) is 24.0 Å². The molecule has 12 nitrogen and oxygen atoms in total. The number of carboxylic acid groups (broad SMARTS) is 2. The Bertz CT molecular complexity index is 614. The SMILES string of the molecule is CCC(C)C(NC(=O)C(N)CCCCN)C(=O)NCC(=O)NC(CC(=O)O)C(=O)O. The molecule has 0 rings (SSSR count). The zero-order chi connectivity index (χ0) is 23.3. The van der Waals surface area contributed by atoms with Crippen molar-refractivity contribution >= 4 is 29.7 Å². The van der Waals surface area contributed by atoms with Crippen molar-refractivity contribution in [2.24, 2.45) is 17.4 Å². The molecule has 0 bridgehead atoms. The second-order valence-corrected chi connectivity index (χ2v) is 7.04. The lowest BCUT2D eigenvalue weighted by Crippen LogP contribution is -2.55. The Labute approximate surface area is 175 Å². The first kappa shape index (κ1) is 27.3. The van der Waals surface area contributed by atoms with Crippen LogP contribution in [-0.4, -0.2) is 71.1 Å². The summed E-state index contributed by atoms with van der Waals surface area (Å²) in [6.45, 7) is 3.49. The van der Waals surface area contributed by atoms with Gasteiger partial charge in [0.1, 0.15) is 12.1 Å². The number of carboxylic acids is 2. The largest absolute Gasteiger partial charge is 0.481 e. The molecule has 0 aliphatic heterocycles. The van der Waals surface area contributed by atoms with E-state index in [2.05, 4.69) is 10.6 Å². The number of amides is 3. The fraction of sp³-hybridized carbons (Fsp3) is 0.722. The molecule has 0 saturated carbocycles. The van der Waals surface area contributed by atoms with Gasteiger partial charge in [-0.2, -0.15) is 0 Å². The molecular weight excluding hydrogens is 398 g/mol. The van der Waals surface area contributed by atoms with Gasteiger partial charge in [-0.25, -0.2) is 4.79 Å². The predicted octanol–water partition coefficient (Wildman–Crippen LogP) is -1.87. The third kappa shape index (κ3) is 10.7. The highest BCUT2D eigenvalue weighted by atomic mass is 16.4. The molecule has 0 radical (unpaired) electrons. The molecule has 30 heavy (non-hydrogen) atoms. The standard InChI is InChI=1S/C18H33N5O7/c1-3-10(2)15(23-16(27)11(20)6-4-5-7-19)17(28)21-9-13(24)22-12(18(29)30)8-14(25)26/h10-12,15H,3-9,19-20H2,1-2H3,(H,21,28)(H,22,24)(H,23,27)(H,25,26)(H,29,30). The molecule has 0 aromatic rings. The van der Waals surface area contributed by atoms with Crippen molar-refractivity contribution in [3.05, 3.63) is 0 Å². The van der Waals surface area contributed by atoms with Gasteiger partial charge in [0.15, 0.2) is 0 Å². The summed E-state index contributed by atoms with van der Waals surface area (Å²) in [5.74, 6) is -5.16. The highest BCUT2D eigenvalue weighted by molar-refractivity contribution is 5.93. The fourth-order valence-electron chi connectivity index (χ4n) is 2.50. The van der Waals surface area contributed by atoms with E-state index in [1.807, 2.05) is 12.2 Å². The summed E-state index contributed by atoms with van der Waals surface area (Å²) in [5.41, 5.74) is 11.2. The van der Waals surface area contributed by atoms with Gasteiger partial charge in [0.05, 0.1) is 19.0 Å². The summed E-state index contributed by atoms with van der Waals surface area (Å²) in [6, 6.07) is -3.36. The van der Waals surface area contributed by atoms with Crippen molar-refractivity contribution in [2.75, 3.05) is 13.1 Å². The van der Waals surface area contributed by atoms with Gasteiger partial charge in [-0.3, -0.25) is 19.2 Å². The third-order valence-corrected chi connectivity index (χ3v) is 4.53. The predicted molar refractivity (Wildman–Crippen MR) is 107 cm³/mol. The van der Waals surface area contributed by atoms with Crippen LogP contribution in [0.5, 0.6) is 0 Å². The number of unbranched alkanes of at least 4 members (excludes halogenated alkanes) is 1. The van der Waals surface area contributed by atoms with E-state index in [9.17, 15) is 24.0 Å². The lowest BCUT2D eigenvalue weighted by Gasteiger charge is -2.25. The van der Waals surface area contributed by atoms with Gasteiger partial charge in [0.2, 0.25) is 17.7 Å². The monoisotopic (exact) mass is 431 g/mol. The highest BCUT2D eigenvalue weighted by Crippen LogP contribution is 2.09. The first-order valence-electron chi connectivity index (χ1n) is 9.81. The number of hydrogen-bond donors (Lipinski definition) is 7. The van der Waals surface area contributed by atoms with Gasteiger partial charge in [-0.1, -0.05) is 26.7 Å². The van der Waals surface area contributed by atoms with Crippen LogP contribution < -0.4 is 27.4 Å². The first-order chi connectivity index (χ1) is 14.0. The average molecular weight is 431 g/mol. The molecule has 4 unspecified atom stereocenters. The van der Waals surface area contributed by atoms with Gasteiger partial charge >= 0.3 is 11.9 Å². The van der Waals surface area contributed by atoms with E-state index in [1.165, 1.54) is 0 Å². The zero-order valence-electron chi connectivity index (χ0n) is 17.3. The molecule has 0 fully saturated rings. The number of rotatable bonds is 15. The first-order valence-corrected chi connectivity index (χ1v) is 9.81. The fourth-order valence-corrected chi connectivity index (χ4v) is 2.50. The maximum atomic E-state index is 12.5. The van der Waals surface area contributed by atoms with E-state index in [4.69, 9.17) is 21.7 Å². The molecule has 0 heterocycles. The number of hydrogen-bond acceptors (Lipinski definition) is 7. The van der Waals surface area contributed by atoms with Gasteiger partial charge < -0.3 is 37.6 Å². The Kier molecular flexibility index (Phi) is 13.0. The average Bonchev–Trinajstić information content (AvgIpc) is 2.68. The summed E-state index contributed by atoms with van der Waals surface area (Å²) in [5, 5.41) is 24.6. The van der Waals surface area contributed by atoms with Crippen LogP contribution in [0.4, 0.5) is 0 Å². The minimum absolute atomic E-state index is 0.257. The second kappa shape index (κ2) is 14.3. The number of carbonyl (C=O) groups excluding carboxylic acids is 3. The molecule has 9 N–H and O–H groups in total. The molecule has 0 aromatic heterocycles. The van der Waals surface area contributed by atoms with Crippen LogP contribution in [0.3, 0.4) is 0 Å². The second-order valence-electron chi connectivity index (χ2n) is 7.04. The summed E-state index contributed by atoms with van der Waals surface area (Å²) in [7, 11) is 0. The van der Waals surface area contributed by atoms with Crippen molar-refractivity contribution < 1.29 is 34.2 Å². The van der Waals surface area contributed by atoms with E-state index in [0.717, 1.165) is 6.42 Å². The minimum Gasteiger partial charge on any atom is -0.481 e. The Morgan fingerprint density at radius 2 is 1.63 bits per heavy atom. The molecule has 0 saturated heterocycles. The van der Waals surface area contributed by atoms with Crippen LogP contribution in [0.25, 0.3) is 0 Å². The van der Waals surface area contributed by atoms with Crippen molar-refractivity contribution in [1.82, 2.24) is 16.0 Å². The summed E-state index contributed by atoms with van der Waals surface area (Å²) >= 11 is 0. The zero-order valence-corrected chi connectivity index (χ0v) is 17.3. The number of aliphatic carboxylic acids is 2. The van der Waals surface area contributed by atoms with Crippen LogP contribution in [0, 0.1) is 5.92 Å².